The van der Waals surface area contributed by atoms with Crippen molar-refractivity contribution in [2.45, 2.75) is 84.8 Å². The zero-order valence-corrected chi connectivity index (χ0v) is 23.3. The van der Waals surface area contributed by atoms with E-state index in [9.17, 15) is 9.59 Å². The van der Waals surface area contributed by atoms with Crippen LogP contribution in [0.2, 0.25) is 18.1 Å². The van der Waals surface area contributed by atoms with Crippen molar-refractivity contribution >= 4 is 20.0 Å². The van der Waals surface area contributed by atoms with Gasteiger partial charge in [0.05, 0.1) is 18.1 Å². The summed E-state index contributed by atoms with van der Waals surface area (Å²) in [5.74, 6) is -0.401. The van der Waals surface area contributed by atoms with Crippen molar-refractivity contribution < 1.29 is 14.0 Å². The van der Waals surface area contributed by atoms with Crippen LogP contribution in [0.3, 0.4) is 0 Å². The van der Waals surface area contributed by atoms with Crippen LogP contribution in [0.15, 0.2) is 60.7 Å². The van der Waals surface area contributed by atoms with Gasteiger partial charge in [-0.05, 0) is 36.2 Å². The van der Waals surface area contributed by atoms with Gasteiger partial charge < -0.3 is 9.33 Å². The number of amides is 1. The van der Waals surface area contributed by atoms with Crippen molar-refractivity contribution in [1.82, 2.24) is 4.90 Å². The first-order valence-corrected chi connectivity index (χ1v) is 15.2. The molecule has 0 saturated carbocycles. The van der Waals surface area contributed by atoms with E-state index >= 15 is 0 Å². The van der Waals surface area contributed by atoms with Crippen LogP contribution in [0.4, 0.5) is 0 Å². The molecular formula is C29H41NO3Si. The Morgan fingerprint density at radius 2 is 1.32 bits per heavy atom. The standard InChI is InChI=1S/C29H41NO3Si/c1-20(33-34(8,9)29(5,6)7)23-25(26(31)28(2,3)4)30(27(23)32)24(21-16-12-10-13-17-21)22-18-14-11-15-19-22/h10-20,23-25H,1-9H3/t20?,23-,25+/m1/s1. The third-order valence-corrected chi connectivity index (χ3v) is 12.1. The first-order chi connectivity index (χ1) is 15.7. The fourth-order valence-electron chi connectivity index (χ4n) is 4.51. The molecule has 1 heterocycles. The lowest BCUT2D eigenvalue weighted by Crippen LogP contribution is -2.70. The second-order valence-electron chi connectivity index (χ2n) is 12.1. The molecule has 4 nitrogen and oxygen atoms in total. The van der Waals surface area contributed by atoms with Crippen LogP contribution >= 0.6 is 0 Å². The predicted octanol–water partition coefficient (Wildman–Crippen LogP) is 6.63. The second-order valence-corrected chi connectivity index (χ2v) is 16.9. The monoisotopic (exact) mass is 479 g/mol. The van der Waals surface area contributed by atoms with Crippen molar-refractivity contribution in [1.29, 1.82) is 0 Å². The molecule has 34 heavy (non-hydrogen) atoms. The van der Waals surface area contributed by atoms with E-state index in [2.05, 4.69) is 33.9 Å². The quantitative estimate of drug-likeness (QED) is 0.331. The van der Waals surface area contributed by atoms with E-state index in [0.29, 0.717) is 0 Å². The average Bonchev–Trinajstić information content (AvgIpc) is 2.74. The lowest BCUT2D eigenvalue weighted by molar-refractivity contribution is -0.174. The Bertz CT molecular complexity index is 966. The topological polar surface area (TPSA) is 46.6 Å². The molecule has 1 saturated heterocycles. The van der Waals surface area contributed by atoms with E-state index in [0.717, 1.165) is 11.1 Å². The normalized spacial score (nSPS) is 20.3. The largest absolute Gasteiger partial charge is 0.413 e. The molecule has 5 heteroatoms. The van der Waals surface area contributed by atoms with Crippen LogP contribution in [-0.4, -0.2) is 37.1 Å². The highest BCUT2D eigenvalue weighted by atomic mass is 28.4. The van der Waals surface area contributed by atoms with Crippen LogP contribution in [-0.2, 0) is 14.0 Å². The van der Waals surface area contributed by atoms with E-state index in [-0.39, 0.29) is 28.9 Å². The number of hydrogen-bond acceptors (Lipinski definition) is 3. The maximum absolute atomic E-state index is 13.9. The van der Waals surface area contributed by atoms with Gasteiger partial charge in [-0.25, -0.2) is 0 Å². The third kappa shape index (κ3) is 5.06. The van der Waals surface area contributed by atoms with Gasteiger partial charge in [-0.3, -0.25) is 9.59 Å². The molecule has 2 aromatic rings. The number of rotatable bonds is 7. The second kappa shape index (κ2) is 9.42. The van der Waals surface area contributed by atoms with Crippen molar-refractivity contribution in [2.75, 3.05) is 0 Å². The molecule has 1 amide bonds. The molecule has 0 bridgehead atoms. The van der Waals surface area contributed by atoms with Crippen LogP contribution in [0.25, 0.3) is 0 Å². The molecule has 184 valence electrons. The van der Waals surface area contributed by atoms with Gasteiger partial charge >= 0.3 is 0 Å². The molecule has 3 atom stereocenters. The van der Waals surface area contributed by atoms with Gasteiger partial charge in [-0.15, -0.1) is 0 Å². The van der Waals surface area contributed by atoms with Crippen LogP contribution in [0, 0.1) is 11.3 Å². The smallest absolute Gasteiger partial charge is 0.232 e. The van der Waals surface area contributed by atoms with Gasteiger partial charge in [0.1, 0.15) is 6.04 Å². The number of β-lactam (4-membered cyclic amide) rings is 1. The maximum atomic E-state index is 13.9. The van der Waals surface area contributed by atoms with Gasteiger partial charge in [0, 0.05) is 5.41 Å². The van der Waals surface area contributed by atoms with Crippen LogP contribution in [0.1, 0.15) is 65.6 Å². The molecule has 1 fully saturated rings. The van der Waals surface area contributed by atoms with E-state index in [1.165, 1.54) is 0 Å². The Hall–Kier alpha value is -2.24. The molecule has 0 radical (unpaired) electrons. The minimum Gasteiger partial charge on any atom is -0.413 e. The zero-order chi connectivity index (χ0) is 25.5. The van der Waals surface area contributed by atoms with Gasteiger partial charge in [0.2, 0.25) is 5.91 Å². The first kappa shape index (κ1) is 26.4. The highest BCUT2D eigenvalue weighted by Gasteiger charge is 2.59. The molecule has 3 rings (SSSR count). The van der Waals surface area contributed by atoms with Crippen molar-refractivity contribution in [2.24, 2.45) is 11.3 Å². The Balaban J connectivity index is 2.06. The number of Topliss-reactive ketones (excluding diaryl/α,β-unsaturated/α-hetero) is 1. The summed E-state index contributed by atoms with van der Waals surface area (Å²) < 4.78 is 6.65. The molecule has 0 spiro atoms. The Kier molecular flexibility index (Phi) is 7.31. The summed E-state index contributed by atoms with van der Waals surface area (Å²) in [6, 6.07) is 19.2. The van der Waals surface area contributed by atoms with E-state index < -0.39 is 25.7 Å². The molecule has 0 aromatic heterocycles. The first-order valence-electron chi connectivity index (χ1n) is 12.3. The van der Waals surface area contributed by atoms with Gasteiger partial charge in [-0.1, -0.05) is 102 Å². The maximum Gasteiger partial charge on any atom is 0.232 e. The summed E-state index contributed by atoms with van der Waals surface area (Å²) >= 11 is 0. The van der Waals surface area contributed by atoms with Crippen molar-refractivity contribution in [3.05, 3.63) is 71.8 Å². The molecule has 0 aliphatic carbocycles. The summed E-state index contributed by atoms with van der Waals surface area (Å²) in [6.45, 7) is 18.8. The number of likely N-dealkylation sites (tertiary alicyclic amines) is 1. The summed E-state index contributed by atoms with van der Waals surface area (Å²) in [4.78, 5) is 29.5. The highest BCUT2D eigenvalue weighted by molar-refractivity contribution is 6.74. The number of carbonyl (C=O) groups excluding carboxylic acids is 2. The number of carbonyl (C=O) groups is 2. The minimum absolute atomic E-state index is 0.00786. The molecular weight excluding hydrogens is 438 g/mol. The Morgan fingerprint density at radius 1 is 0.882 bits per heavy atom. The third-order valence-electron chi connectivity index (χ3n) is 7.49. The van der Waals surface area contributed by atoms with Gasteiger partial charge in [-0.2, -0.15) is 0 Å². The summed E-state index contributed by atoms with van der Waals surface area (Å²) in [5, 5.41) is 0.0217. The van der Waals surface area contributed by atoms with Gasteiger partial charge in [0.15, 0.2) is 14.1 Å². The SMILES string of the molecule is CC(O[Si](C)(C)C(C)(C)C)[C@H]1C(=O)N(C(c2ccccc2)c2ccccc2)[C@@H]1C(=O)C(C)(C)C. The van der Waals surface area contributed by atoms with Crippen LogP contribution < -0.4 is 0 Å². The van der Waals surface area contributed by atoms with Crippen LogP contribution in [0.5, 0.6) is 0 Å². The molecule has 1 unspecified atom stereocenters. The van der Waals surface area contributed by atoms with Gasteiger partial charge in [0.25, 0.3) is 0 Å². The van der Waals surface area contributed by atoms with Crippen molar-refractivity contribution in [3.63, 3.8) is 0 Å². The number of benzene rings is 2. The van der Waals surface area contributed by atoms with Crippen molar-refractivity contribution in [3.8, 4) is 0 Å². The number of nitrogens with zero attached hydrogens (tertiary/aromatic N) is 1. The molecule has 2 aromatic carbocycles. The summed E-state index contributed by atoms with van der Waals surface area (Å²) in [5.41, 5.74) is 1.44. The fourth-order valence-corrected chi connectivity index (χ4v) is 5.94. The molecule has 0 N–H and O–H groups in total. The lowest BCUT2D eigenvalue weighted by atomic mass is 9.71. The number of ketones is 1. The summed E-state index contributed by atoms with van der Waals surface area (Å²) in [7, 11) is -2.11. The average molecular weight is 480 g/mol. The Morgan fingerprint density at radius 3 is 1.71 bits per heavy atom. The minimum atomic E-state index is -2.11. The van der Waals surface area contributed by atoms with E-state index in [1.54, 1.807) is 0 Å². The summed E-state index contributed by atoms with van der Waals surface area (Å²) in [6.07, 6.45) is -0.326. The zero-order valence-electron chi connectivity index (χ0n) is 22.3. The fraction of sp³-hybridized carbons (Fsp3) is 0.517. The molecule has 1 aliphatic heterocycles. The predicted molar refractivity (Wildman–Crippen MR) is 141 cm³/mol. The van der Waals surface area contributed by atoms with E-state index in [4.69, 9.17) is 4.43 Å². The number of hydrogen-bond donors (Lipinski definition) is 0. The highest BCUT2D eigenvalue weighted by Crippen LogP contribution is 2.46. The lowest BCUT2D eigenvalue weighted by Gasteiger charge is -2.54. The molecule has 1 aliphatic rings. The Labute approximate surface area is 206 Å². The van der Waals surface area contributed by atoms with E-state index in [1.807, 2.05) is 93.3 Å².